The van der Waals surface area contributed by atoms with Crippen LogP contribution < -0.4 is 10.1 Å². The Morgan fingerprint density at radius 1 is 0.806 bits per heavy atom. The fraction of sp³-hybridized carbons (Fsp3) is 0.655. The van der Waals surface area contributed by atoms with Gasteiger partial charge in [0.25, 0.3) is 5.91 Å². The van der Waals surface area contributed by atoms with Crippen LogP contribution >= 0.6 is 23.2 Å². The summed E-state index contributed by atoms with van der Waals surface area (Å²) in [5.41, 5.74) is 0.375. The Hall–Kier alpha value is -1.72. The Morgan fingerprint density at radius 3 is 1.83 bits per heavy atom. The molecule has 2 aromatic rings. The normalized spacial score (nSPS) is 11.1. The highest BCUT2D eigenvalue weighted by atomic mass is 35.5. The highest BCUT2D eigenvalue weighted by molar-refractivity contribution is 6.37. The minimum atomic E-state index is -0.162. The lowest BCUT2D eigenvalue weighted by atomic mass is 10.0. The summed E-state index contributed by atoms with van der Waals surface area (Å²) in [5.74, 6) is 0.247. The molecular weight excluding hydrogens is 493 g/mol. The van der Waals surface area contributed by atoms with E-state index >= 15 is 0 Å². The molecule has 0 aliphatic heterocycles. The molecule has 0 fully saturated rings. The van der Waals surface area contributed by atoms with E-state index in [1.54, 1.807) is 35.1 Å². The van der Waals surface area contributed by atoms with Gasteiger partial charge in [-0.2, -0.15) is 5.10 Å². The molecule has 2 rings (SSSR count). The molecule has 36 heavy (non-hydrogen) atoms. The van der Waals surface area contributed by atoms with Crippen molar-refractivity contribution in [3.05, 3.63) is 46.2 Å². The van der Waals surface area contributed by atoms with Gasteiger partial charge in [0.15, 0.2) is 12.5 Å². The van der Waals surface area contributed by atoms with Crippen LogP contribution in [0.5, 0.6) is 5.75 Å². The monoisotopic (exact) mass is 537 g/mol. The van der Waals surface area contributed by atoms with Gasteiger partial charge in [-0.05, 0) is 24.6 Å². The van der Waals surface area contributed by atoms with E-state index in [-0.39, 0.29) is 12.6 Å². The largest absolute Gasteiger partial charge is 0.468 e. The topological polar surface area (TPSA) is 56.2 Å². The fourth-order valence-corrected chi connectivity index (χ4v) is 4.78. The molecular formula is C29H45Cl2N3O2. The van der Waals surface area contributed by atoms with Crippen molar-refractivity contribution in [2.45, 2.75) is 116 Å². The van der Waals surface area contributed by atoms with Crippen LogP contribution in [0.1, 0.15) is 120 Å². The molecule has 0 saturated heterocycles. The van der Waals surface area contributed by atoms with Gasteiger partial charge < -0.3 is 10.1 Å². The molecule has 0 radical (unpaired) electrons. The summed E-state index contributed by atoms with van der Waals surface area (Å²) in [4.78, 5) is 12.3. The molecule has 5 nitrogen and oxygen atoms in total. The summed E-state index contributed by atoms with van der Waals surface area (Å²) in [6, 6.07) is 6.86. The van der Waals surface area contributed by atoms with Crippen LogP contribution in [0.25, 0.3) is 0 Å². The average molecular weight is 539 g/mol. The molecule has 0 saturated carbocycles. The highest BCUT2D eigenvalue weighted by Gasteiger charge is 2.11. The number of hydrogen-bond donors (Lipinski definition) is 1. The number of benzene rings is 1. The maximum Gasteiger partial charge on any atom is 0.271 e. The van der Waals surface area contributed by atoms with Gasteiger partial charge in [0, 0.05) is 12.7 Å². The molecule has 0 spiro atoms. The summed E-state index contributed by atoms with van der Waals surface area (Å²) < 4.78 is 7.19. The van der Waals surface area contributed by atoms with Gasteiger partial charge in [-0.3, -0.25) is 4.79 Å². The Kier molecular flexibility index (Phi) is 16.4. The minimum Gasteiger partial charge on any atom is -0.468 e. The van der Waals surface area contributed by atoms with Gasteiger partial charge in [0.05, 0.1) is 10.0 Å². The highest BCUT2D eigenvalue weighted by Crippen LogP contribution is 2.32. The second kappa shape index (κ2) is 19.4. The number of rotatable bonds is 21. The van der Waals surface area contributed by atoms with E-state index in [1.165, 1.54) is 89.9 Å². The number of para-hydroxylation sites is 1. The first kappa shape index (κ1) is 30.5. The van der Waals surface area contributed by atoms with Crippen molar-refractivity contribution in [2.24, 2.45) is 0 Å². The van der Waals surface area contributed by atoms with Gasteiger partial charge >= 0.3 is 0 Å². The summed E-state index contributed by atoms with van der Waals surface area (Å²) in [6.07, 6.45) is 23.2. The van der Waals surface area contributed by atoms with Gasteiger partial charge in [-0.15, -0.1) is 0 Å². The quantitative estimate of drug-likeness (QED) is 0.161. The number of hydrogen-bond acceptors (Lipinski definition) is 3. The van der Waals surface area contributed by atoms with Crippen molar-refractivity contribution < 1.29 is 9.53 Å². The third-order valence-corrected chi connectivity index (χ3v) is 7.04. The molecule has 0 aliphatic carbocycles. The molecule has 1 heterocycles. The molecule has 1 aromatic heterocycles. The first-order chi connectivity index (χ1) is 17.6. The Balaban J connectivity index is 1.42. The predicted octanol–water partition coefficient (Wildman–Crippen LogP) is 9.22. The maximum atomic E-state index is 12.3. The van der Waals surface area contributed by atoms with E-state index in [2.05, 4.69) is 17.3 Å². The number of aromatic nitrogens is 2. The van der Waals surface area contributed by atoms with Crippen molar-refractivity contribution in [1.29, 1.82) is 0 Å². The third-order valence-electron chi connectivity index (χ3n) is 6.45. The van der Waals surface area contributed by atoms with Crippen molar-refractivity contribution in [2.75, 3.05) is 6.54 Å². The van der Waals surface area contributed by atoms with Crippen LogP contribution in [0.3, 0.4) is 0 Å². The summed E-state index contributed by atoms with van der Waals surface area (Å²) in [5, 5.41) is 8.10. The van der Waals surface area contributed by atoms with Crippen LogP contribution in [-0.2, 0) is 6.73 Å². The minimum absolute atomic E-state index is 0.121. The molecule has 1 aromatic carbocycles. The second-order valence-electron chi connectivity index (χ2n) is 9.62. The number of ether oxygens (including phenoxy) is 1. The van der Waals surface area contributed by atoms with Crippen molar-refractivity contribution in [3.8, 4) is 5.75 Å². The van der Waals surface area contributed by atoms with Crippen LogP contribution in [0, 0.1) is 0 Å². The van der Waals surface area contributed by atoms with E-state index in [1.807, 2.05) is 0 Å². The summed E-state index contributed by atoms with van der Waals surface area (Å²) >= 11 is 12.2. The number of amides is 1. The SMILES string of the molecule is CCCCCCCCCCCCCCCCCCNC(=O)c1ccn(COc2c(Cl)cccc2Cl)n1. The van der Waals surface area contributed by atoms with Crippen molar-refractivity contribution in [3.63, 3.8) is 0 Å². The Labute approximate surface area is 228 Å². The van der Waals surface area contributed by atoms with Crippen molar-refractivity contribution in [1.82, 2.24) is 15.1 Å². The number of carbonyl (C=O) groups is 1. The zero-order valence-electron chi connectivity index (χ0n) is 22.1. The van der Waals surface area contributed by atoms with Crippen molar-refractivity contribution >= 4 is 29.1 Å². The first-order valence-corrected chi connectivity index (χ1v) is 14.8. The molecule has 202 valence electrons. The van der Waals surface area contributed by atoms with Gasteiger partial charge in [0.1, 0.15) is 5.69 Å². The van der Waals surface area contributed by atoms with Crippen LogP contribution in [0.4, 0.5) is 0 Å². The smallest absolute Gasteiger partial charge is 0.271 e. The van der Waals surface area contributed by atoms with E-state index in [0.29, 0.717) is 28.0 Å². The molecule has 1 amide bonds. The Bertz CT molecular complexity index is 837. The number of nitrogens with zero attached hydrogens (tertiary/aromatic N) is 2. The molecule has 0 bridgehead atoms. The molecule has 0 unspecified atom stereocenters. The standard InChI is InChI=1S/C29H45Cl2N3O2/c1-2-3-4-5-6-7-8-9-10-11-12-13-14-15-16-17-22-32-29(35)27-21-23-34(33-27)24-36-28-25(30)19-18-20-26(28)31/h18-21,23H,2-17,22,24H2,1H3,(H,32,35). The van der Waals surface area contributed by atoms with E-state index in [0.717, 1.165) is 12.8 Å². The van der Waals surface area contributed by atoms with E-state index in [9.17, 15) is 4.79 Å². The zero-order valence-corrected chi connectivity index (χ0v) is 23.6. The van der Waals surface area contributed by atoms with E-state index < -0.39 is 0 Å². The lowest BCUT2D eigenvalue weighted by molar-refractivity contribution is 0.0946. The van der Waals surface area contributed by atoms with Crippen LogP contribution in [0.15, 0.2) is 30.5 Å². The van der Waals surface area contributed by atoms with Crippen LogP contribution in [0.2, 0.25) is 10.0 Å². The third kappa shape index (κ3) is 13.0. The lowest BCUT2D eigenvalue weighted by Gasteiger charge is -2.09. The predicted molar refractivity (Wildman–Crippen MR) is 151 cm³/mol. The summed E-state index contributed by atoms with van der Waals surface area (Å²) in [7, 11) is 0. The first-order valence-electron chi connectivity index (χ1n) is 14.0. The van der Waals surface area contributed by atoms with Gasteiger partial charge in [-0.1, -0.05) is 133 Å². The number of nitrogens with one attached hydrogen (secondary N) is 1. The zero-order chi connectivity index (χ0) is 25.8. The molecule has 0 aliphatic rings. The number of halogens is 2. The summed E-state index contributed by atoms with van der Waals surface area (Å²) in [6.45, 7) is 3.07. The van der Waals surface area contributed by atoms with Crippen LogP contribution in [-0.4, -0.2) is 22.2 Å². The average Bonchev–Trinajstić information content (AvgIpc) is 3.35. The molecule has 7 heteroatoms. The number of unbranched alkanes of at least 4 members (excludes halogenated alkanes) is 15. The molecule has 1 N–H and O–H groups in total. The maximum absolute atomic E-state index is 12.3. The number of carbonyl (C=O) groups excluding carboxylic acids is 1. The lowest BCUT2D eigenvalue weighted by Crippen LogP contribution is -2.25. The van der Waals surface area contributed by atoms with Gasteiger partial charge in [0.2, 0.25) is 0 Å². The Morgan fingerprint density at radius 2 is 1.31 bits per heavy atom. The van der Waals surface area contributed by atoms with Gasteiger partial charge in [-0.25, -0.2) is 4.68 Å². The van der Waals surface area contributed by atoms with E-state index in [4.69, 9.17) is 27.9 Å². The fourth-order valence-electron chi connectivity index (χ4n) is 4.27. The second-order valence-corrected chi connectivity index (χ2v) is 10.4. The molecule has 0 atom stereocenters.